The molecule has 0 aliphatic carbocycles. The van der Waals surface area contributed by atoms with Gasteiger partial charge in [-0.1, -0.05) is 12.1 Å². The molecule has 1 aliphatic rings. The summed E-state index contributed by atoms with van der Waals surface area (Å²) in [4.78, 5) is 15.2. The predicted octanol–water partition coefficient (Wildman–Crippen LogP) is 1.72. The number of aromatic nitrogens is 1. The number of carbonyl (C=O) groups is 1. The highest BCUT2D eigenvalue weighted by Crippen LogP contribution is 2.28. The van der Waals surface area contributed by atoms with Gasteiger partial charge in [0.25, 0.3) is 0 Å². The second-order valence-electron chi connectivity index (χ2n) is 5.37. The third-order valence-electron chi connectivity index (χ3n) is 4.06. The van der Waals surface area contributed by atoms with E-state index in [0.29, 0.717) is 18.2 Å². The minimum absolute atomic E-state index is 0.237. The molecule has 7 heteroatoms. The normalized spacial score (nSPS) is 17.6. The van der Waals surface area contributed by atoms with Crippen LogP contribution in [0.15, 0.2) is 41.6 Å². The second-order valence-corrected chi connectivity index (χ2v) is 7.28. The summed E-state index contributed by atoms with van der Waals surface area (Å²) in [6.45, 7) is 0.474. The smallest absolute Gasteiger partial charge is 0.306 e. The van der Waals surface area contributed by atoms with E-state index in [-0.39, 0.29) is 18.0 Å². The molecule has 0 saturated carbocycles. The molecule has 0 bridgehead atoms. The van der Waals surface area contributed by atoms with Gasteiger partial charge in [-0.3, -0.25) is 9.78 Å². The lowest BCUT2D eigenvalue weighted by molar-refractivity contribution is -0.142. The molecule has 1 N–H and O–H groups in total. The Labute approximate surface area is 128 Å². The molecule has 116 valence electrons. The molecule has 3 rings (SSSR count). The van der Waals surface area contributed by atoms with E-state index >= 15 is 0 Å². The van der Waals surface area contributed by atoms with Crippen LogP contribution in [-0.2, 0) is 14.8 Å². The summed E-state index contributed by atoms with van der Waals surface area (Å²) in [6, 6.07) is 6.78. The van der Waals surface area contributed by atoms with E-state index < -0.39 is 21.9 Å². The molecule has 1 saturated heterocycles. The molecule has 0 atom stereocenters. The van der Waals surface area contributed by atoms with Gasteiger partial charge in [0.1, 0.15) is 0 Å². The molecule has 2 heterocycles. The summed E-state index contributed by atoms with van der Waals surface area (Å²) < 4.78 is 27.0. The van der Waals surface area contributed by atoms with Crippen LogP contribution in [0.1, 0.15) is 12.8 Å². The van der Waals surface area contributed by atoms with Crippen LogP contribution in [0.5, 0.6) is 0 Å². The summed E-state index contributed by atoms with van der Waals surface area (Å²) >= 11 is 0. The molecule has 1 fully saturated rings. The Morgan fingerprint density at radius 3 is 2.64 bits per heavy atom. The van der Waals surface area contributed by atoms with Gasteiger partial charge in [0, 0.05) is 36.3 Å². The van der Waals surface area contributed by atoms with Crippen molar-refractivity contribution in [3.63, 3.8) is 0 Å². The molecule has 0 amide bonds. The monoisotopic (exact) mass is 320 g/mol. The van der Waals surface area contributed by atoms with Crippen LogP contribution in [0.2, 0.25) is 0 Å². The number of piperidine rings is 1. The van der Waals surface area contributed by atoms with Crippen LogP contribution >= 0.6 is 0 Å². The van der Waals surface area contributed by atoms with Gasteiger partial charge in [-0.25, -0.2) is 8.42 Å². The summed E-state index contributed by atoms with van der Waals surface area (Å²) in [5.74, 6) is -1.31. The number of carboxylic acid groups (broad SMARTS) is 1. The minimum atomic E-state index is -3.63. The quantitative estimate of drug-likeness (QED) is 0.930. The number of pyridine rings is 1. The van der Waals surface area contributed by atoms with E-state index in [1.54, 1.807) is 30.6 Å². The number of hydrogen-bond acceptors (Lipinski definition) is 4. The van der Waals surface area contributed by atoms with Crippen LogP contribution in [0, 0.1) is 5.92 Å². The number of hydrogen-bond donors (Lipinski definition) is 1. The summed E-state index contributed by atoms with van der Waals surface area (Å²) in [6.07, 6.45) is 3.89. The fraction of sp³-hybridized carbons (Fsp3) is 0.333. The van der Waals surface area contributed by atoms with Gasteiger partial charge in [-0.05, 0) is 25.0 Å². The van der Waals surface area contributed by atoms with Gasteiger partial charge >= 0.3 is 5.97 Å². The zero-order chi connectivity index (χ0) is 15.7. The fourth-order valence-electron chi connectivity index (χ4n) is 2.80. The summed E-state index contributed by atoms with van der Waals surface area (Å²) in [5, 5.41) is 10.4. The first kappa shape index (κ1) is 14.9. The van der Waals surface area contributed by atoms with Gasteiger partial charge in [0.2, 0.25) is 10.0 Å². The van der Waals surface area contributed by atoms with Gasteiger partial charge in [0.15, 0.2) is 0 Å². The van der Waals surface area contributed by atoms with E-state index in [9.17, 15) is 13.2 Å². The number of nitrogens with zero attached hydrogens (tertiary/aromatic N) is 2. The molecule has 22 heavy (non-hydrogen) atoms. The van der Waals surface area contributed by atoms with Gasteiger partial charge < -0.3 is 5.11 Å². The van der Waals surface area contributed by atoms with Crippen molar-refractivity contribution in [2.45, 2.75) is 17.7 Å². The highest BCUT2D eigenvalue weighted by atomic mass is 32.2. The Hall–Kier alpha value is -1.99. The average molecular weight is 320 g/mol. The van der Waals surface area contributed by atoms with Crippen LogP contribution in [0.3, 0.4) is 0 Å². The third kappa shape index (κ3) is 2.57. The number of carboxylic acids is 1. The molecular weight excluding hydrogens is 304 g/mol. The number of sulfonamides is 1. The molecule has 6 nitrogen and oxygen atoms in total. The molecule has 0 unspecified atom stereocenters. The van der Waals surface area contributed by atoms with Gasteiger partial charge in [-0.15, -0.1) is 0 Å². The maximum Gasteiger partial charge on any atom is 0.306 e. The lowest BCUT2D eigenvalue weighted by Crippen LogP contribution is -2.40. The maximum atomic E-state index is 12.8. The molecule has 1 aromatic carbocycles. The SMILES string of the molecule is O=C(O)C1CCN(S(=O)(=O)c2cccc3cnccc23)CC1. The minimum Gasteiger partial charge on any atom is -0.481 e. The summed E-state index contributed by atoms with van der Waals surface area (Å²) in [7, 11) is -3.63. The van der Waals surface area contributed by atoms with Crippen molar-refractivity contribution in [1.82, 2.24) is 9.29 Å². The lowest BCUT2D eigenvalue weighted by atomic mass is 9.99. The van der Waals surface area contributed by atoms with Gasteiger partial charge in [-0.2, -0.15) is 4.31 Å². The van der Waals surface area contributed by atoms with Crippen molar-refractivity contribution < 1.29 is 18.3 Å². The molecule has 1 aromatic heterocycles. The maximum absolute atomic E-state index is 12.8. The van der Waals surface area contributed by atoms with Crippen molar-refractivity contribution in [2.75, 3.05) is 13.1 Å². The Kier molecular flexibility index (Phi) is 3.84. The lowest BCUT2D eigenvalue weighted by Gasteiger charge is -2.29. The van der Waals surface area contributed by atoms with Crippen molar-refractivity contribution >= 4 is 26.8 Å². The topological polar surface area (TPSA) is 87.6 Å². The molecule has 0 radical (unpaired) electrons. The standard InChI is InChI=1S/C15H16N2O4S/c18-15(19)11-5-8-17(9-6-11)22(20,21)14-3-1-2-12-10-16-7-4-13(12)14/h1-4,7,10-11H,5-6,8-9H2,(H,18,19). The first-order valence-corrected chi connectivity index (χ1v) is 8.50. The van der Waals surface area contributed by atoms with Crippen LogP contribution in [0.4, 0.5) is 0 Å². The van der Waals surface area contributed by atoms with Crippen molar-refractivity contribution in [3.05, 3.63) is 36.7 Å². The number of benzene rings is 1. The van der Waals surface area contributed by atoms with E-state index in [1.807, 2.05) is 6.07 Å². The molecular formula is C15H16N2O4S. The van der Waals surface area contributed by atoms with Crippen LogP contribution in [-0.4, -0.2) is 41.9 Å². The van der Waals surface area contributed by atoms with E-state index in [4.69, 9.17) is 5.11 Å². The highest BCUT2D eigenvalue weighted by molar-refractivity contribution is 7.89. The summed E-state index contributed by atoms with van der Waals surface area (Å²) in [5.41, 5.74) is 0. The largest absolute Gasteiger partial charge is 0.481 e. The Bertz CT molecular complexity index is 806. The van der Waals surface area contributed by atoms with Crippen LogP contribution < -0.4 is 0 Å². The van der Waals surface area contributed by atoms with Gasteiger partial charge in [0.05, 0.1) is 10.8 Å². The first-order valence-electron chi connectivity index (χ1n) is 7.06. The highest BCUT2D eigenvalue weighted by Gasteiger charge is 2.32. The fourth-order valence-corrected chi connectivity index (χ4v) is 4.48. The van der Waals surface area contributed by atoms with E-state index in [1.165, 1.54) is 4.31 Å². The zero-order valence-electron chi connectivity index (χ0n) is 11.8. The third-order valence-corrected chi connectivity index (χ3v) is 6.02. The Morgan fingerprint density at radius 1 is 1.23 bits per heavy atom. The van der Waals surface area contributed by atoms with Crippen molar-refractivity contribution in [2.24, 2.45) is 5.92 Å². The number of aliphatic carboxylic acids is 1. The molecule has 2 aromatic rings. The second kappa shape index (κ2) is 5.66. The van der Waals surface area contributed by atoms with Crippen molar-refractivity contribution in [1.29, 1.82) is 0 Å². The Morgan fingerprint density at radius 2 is 1.95 bits per heavy atom. The zero-order valence-corrected chi connectivity index (χ0v) is 12.7. The average Bonchev–Trinajstić information content (AvgIpc) is 2.54. The predicted molar refractivity (Wildman–Crippen MR) is 80.9 cm³/mol. The first-order chi connectivity index (χ1) is 10.5. The van der Waals surface area contributed by atoms with Crippen molar-refractivity contribution in [3.8, 4) is 0 Å². The van der Waals surface area contributed by atoms with E-state index in [2.05, 4.69) is 4.98 Å². The van der Waals surface area contributed by atoms with E-state index in [0.717, 1.165) is 5.39 Å². The molecule has 0 spiro atoms. The Balaban J connectivity index is 1.95. The molecule has 1 aliphatic heterocycles. The van der Waals surface area contributed by atoms with Crippen LogP contribution in [0.25, 0.3) is 10.8 Å². The number of fused-ring (bicyclic) bond motifs is 1. The number of rotatable bonds is 3.